The van der Waals surface area contributed by atoms with Crippen LogP contribution < -0.4 is 0 Å². The van der Waals surface area contributed by atoms with Crippen LogP contribution in [0, 0.1) is 0 Å². The normalized spacial score (nSPS) is 14.1. The van der Waals surface area contributed by atoms with E-state index in [1.54, 1.807) is 32.2 Å². The van der Waals surface area contributed by atoms with Crippen LogP contribution in [0.5, 0.6) is 0 Å². The lowest BCUT2D eigenvalue weighted by atomic mass is 10.0. The highest BCUT2D eigenvalue weighted by Gasteiger charge is 2.21. The van der Waals surface area contributed by atoms with Crippen molar-refractivity contribution in [3.8, 4) is 0 Å². The minimum atomic E-state index is -3.47. The highest BCUT2D eigenvalue weighted by molar-refractivity contribution is 7.89. The van der Waals surface area contributed by atoms with Gasteiger partial charge in [-0.15, -0.1) is 0 Å². The third-order valence-corrected chi connectivity index (χ3v) is 4.95. The van der Waals surface area contributed by atoms with Gasteiger partial charge in [-0.1, -0.05) is 26.0 Å². The number of aliphatic hydroxyl groups is 1. The maximum absolute atomic E-state index is 12.4. The Hall–Kier alpha value is -0.910. The molecule has 1 aromatic carbocycles. The third-order valence-electron chi connectivity index (χ3n) is 3.09. The summed E-state index contributed by atoms with van der Waals surface area (Å²) in [6.45, 7) is 6.03. The van der Waals surface area contributed by atoms with Gasteiger partial charge in [0.15, 0.2) is 0 Å². The zero-order chi connectivity index (χ0) is 14.6. The molecule has 1 atom stereocenters. The highest BCUT2D eigenvalue weighted by Crippen LogP contribution is 2.21. The van der Waals surface area contributed by atoms with Gasteiger partial charge >= 0.3 is 0 Å². The van der Waals surface area contributed by atoms with Crippen molar-refractivity contribution in [3.63, 3.8) is 0 Å². The fourth-order valence-electron chi connectivity index (χ4n) is 1.70. The molecule has 4 nitrogen and oxygen atoms in total. The van der Waals surface area contributed by atoms with Gasteiger partial charge in [-0.3, -0.25) is 0 Å². The van der Waals surface area contributed by atoms with Crippen molar-refractivity contribution in [1.82, 2.24) is 4.31 Å². The van der Waals surface area contributed by atoms with Crippen molar-refractivity contribution in [2.24, 2.45) is 0 Å². The van der Waals surface area contributed by atoms with Crippen LogP contribution in [0.25, 0.3) is 0 Å². The molecule has 0 aliphatic heterocycles. The summed E-state index contributed by atoms with van der Waals surface area (Å²) >= 11 is 0. The maximum atomic E-state index is 12.4. The summed E-state index contributed by atoms with van der Waals surface area (Å²) in [6, 6.07) is 7.03. The van der Waals surface area contributed by atoms with E-state index in [9.17, 15) is 13.5 Å². The second-order valence-corrected chi connectivity index (χ2v) is 7.24. The molecule has 0 aliphatic carbocycles. The lowest BCUT2D eigenvalue weighted by molar-refractivity contribution is 0.177. The van der Waals surface area contributed by atoms with Crippen LogP contribution in [0.1, 0.15) is 38.7 Å². The zero-order valence-electron chi connectivity index (χ0n) is 12.0. The predicted molar refractivity (Wildman–Crippen MR) is 76.6 cm³/mol. The SMILES string of the molecule is CC(O)CCN(C)S(=O)(=O)c1cccc(C(C)C)c1. The molecule has 0 aromatic heterocycles. The highest BCUT2D eigenvalue weighted by atomic mass is 32.2. The summed E-state index contributed by atoms with van der Waals surface area (Å²) in [5, 5.41) is 9.23. The summed E-state index contributed by atoms with van der Waals surface area (Å²) in [6.07, 6.45) is -0.0702. The van der Waals surface area contributed by atoms with E-state index in [0.717, 1.165) is 5.56 Å². The van der Waals surface area contributed by atoms with Crippen LogP contribution in [-0.4, -0.2) is 37.5 Å². The molecule has 1 N–H and O–H groups in total. The first kappa shape index (κ1) is 16.1. The van der Waals surface area contributed by atoms with Crippen molar-refractivity contribution < 1.29 is 13.5 Å². The number of hydrogen-bond acceptors (Lipinski definition) is 3. The van der Waals surface area contributed by atoms with E-state index in [0.29, 0.717) is 17.9 Å². The second kappa shape index (κ2) is 6.50. The van der Waals surface area contributed by atoms with Gasteiger partial charge in [-0.05, 0) is 37.0 Å². The molecule has 0 saturated heterocycles. The quantitative estimate of drug-likeness (QED) is 0.871. The first-order chi connectivity index (χ1) is 8.75. The molecule has 0 saturated carbocycles. The molecule has 5 heteroatoms. The van der Waals surface area contributed by atoms with Crippen molar-refractivity contribution in [2.75, 3.05) is 13.6 Å². The van der Waals surface area contributed by atoms with Crippen molar-refractivity contribution in [2.45, 2.75) is 44.1 Å². The Morgan fingerprint density at radius 3 is 2.42 bits per heavy atom. The molecule has 0 bridgehead atoms. The second-order valence-electron chi connectivity index (χ2n) is 5.19. The zero-order valence-corrected chi connectivity index (χ0v) is 12.8. The summed E-state index contributed by atoms with van der Waals surface area (Å²) in [5.41, 5.74) is 1.00. The van der Waals surface area contributed by atoms with Crippen LogP contribution >= 0.6 is 0 Å². The lowest BCUT2D eigenvalue weighted by Crippen LogP contribution is -2.29. The van der Waals surface area contributed by atoms with Gasteiger partial charge in [-0.25, -0.2) is 12.7 Å². The summed E-state index contributed by atoms with van der Waals surface area (Å²) in [7, 11) is -1.93. The first-order valence-corrected chi connectivity index (χ1v) is 7.93. The topological polar surface area (TPSA) is 57.6 Å². The average molecular weight is 285 g/mol. The number of aliphatic hydroxyl groups excluding tert-OH is 1. The fraction of sp³-hybridized carbons (Fsp3) is 0.571. The van der Waals surface area contributed by atoms with Crippen molar-refractivity contribution in [1.29, 1.82) is 0 Å². The van der Waals surface area contributed by atoms with Gasteiger partial charge in [0.05, 0.1) is 11.0 Å². The molecule has 1 rings (SSSR count). The Morgan fingerprint density at radius 1 is 1.26 bits per heavy atom. The van der Waals surface area contributed by atoms with E-state index < -0.39 is 16.1 Å². The van der Waals surface area contributed by atoms with Gasteiger partial charge in [-0.2, -0.15) is 0 Å². The van der Waals surface area contributed by atoms with Crippen LogP contribution in [0.2, 0.25) is 0 Å². The Balaban J connectivity index is 2.96. The molecule has 0 spiro atoms. The molecule has 19 heavy (non-hydrogen) atoms. The first-order valence-electron chi connectivity index (χ1n) is 6.49. The van der Waals surface area contributed by atoms with E-state index in [4.69, 9.17) is 0 Å². The third kappa shape index (κ3) is 4.30. The van der Waals surface area contributed by atoms with Gasteiger partial charge in [0.1, 0.15) is 0 Å². The molecule has 0 amide bonds. The molecule has 0 heterocycles. The molecular formula is C14H23NO3S. The smallest absolute Gasteiger partial charge is 0.242 e. The van der Waals surface area contributed by atoms with E-state index in [1.165, 1.54) is 4.31 Å². The Morgan fingerprint density at radius 2 is 1.89 bits per heavy atom. The standard InChI is InChI=1S/C14H23NO3S/c1-11(2)13-6-5-7-14(10-13)19(17,18)15(4)9-8-12(3)16/h5-7,10-12,16H,8-9H2,1-4H3. The number of sulfonamides is 1. The van der Waals surface area contributed by atoms with Gasteiger partial charge in [0.25, 0.3) is 0 Å². The molecule has 1 aromatic rings. The van der Waals surface area contributed by atoms with Crippen molar-refractivity contribution >= 4 is 10.0 Å². The number of hydrogen-bond donors (Lipinski definition) is 1. The largest absolute Gasteiger partial charge is 0.393 e. The minimum Gasteiger partial charge on any atom is -0.393 e. The van der Waals surface area contributed by atoms with E-state index in [1.807, 2.05) is 19.9 Å². The molecule has 0 fully saturated rings. The lowest BCUT2D eigenvalue weighted by Gasteiger charge is -2.18. The Bertz CT molecular complexity index is 509. The van der Waals surface area contributed by atoms with Crippen LogP contribution in [0.3, 0.4) is 0 Å². The van der Waals surface area contributed by atoms with Crippen LogP contribution in [0.4, 0.5) is 0 Å². The maximum Gasteiger partial charge on any atom is 0.242 e. The molecular weight excluding hydrogens is 262 g/mol. The summed E-state index contributed by atoms with van der Waals surface area (Å²) in [4.78, 5) is 0.312. The Labute approximate surface area is 116 Å². The monoisotopic (exact) mass is 285 g/mol. The summed E-state index contributed by atoms with van der Waals surface area (Å²) < 4.78 is 26.0. The van der Waals surface area contributed by atoms with E-state index >= 15 is 0 Å². The fourth-order valence-corrected chi connectivity index (χ4v) is 2.94. The minimum absolute atomic E-state index is 0.290. The number of rotatable bonds is 6. The molecule has 1 unspecified atom stereocenters. The van der Waals surface area contributed by atoms with E-state index in [2.05, 4.69) is 0 Å². The predicted octanol–water partition coefficient (Wildman–Crippen LogP) is 2.20. The van der Waals surface area contributed by atoms with Crippen molar-refractivity contribution in [3.05, 3.63) is 29.8 Å². The molecule has 0 radical (unpaired) electrons. The van der Waals surface area contributed by atoms with Crippen LogP contribution in [-0.2, 0) is 10.0 Å². The van der Waals surface area contributed by atoms with Gasteiger partial charge in [0.2, 0.25) is 10.0 Å². The molecule has 108 valence electrons. The number of benzene rings is 1. The summed E-state index contributed by atoms with van der Waals surface area (Å²) in [5.74, 6) is 0.290. The van der Waals surface area contributed by atoms with Gasteiger partial charge < -0.3 is 5.11 Å². The van der Waals surface area contributed by atoms with Gasteiger partial charge in [0, 0.05) is 13.6 Å². The number of nitrogens with zero attached hydrogens (tertiary/aromatic N) is 1. The average Bonchev–Trinajstić information content (AvgIpc) is 2.35. The van der Waals surface area contributed by atoms with Crippen LogP contribution in [0.15, 0.2) is 29.2 Å². The molecule has 0 aliphatic rings. The van der Waals surface area contributed by atoms with E-state index in [-0.39, 0.29) is 5.92 Å². The Kier molecular flexibility index (Phi) is 5.52.